The number of sulfonamides is 1. The van der Waals surface area contributed by atoms with E-state index in [1.807, 2.05) is 16.9 Å². The first-order valence-electron chi connectivity index (χ1n) is 8.80. The SMILES string of the molecule is O=[N+]([O-])c1ccc(OP(=O)([O-])CNS(=O)(=O)c2ccc3c(c2)oc2ccccc23)cc1.[Na+]. The van der Waals surface area contributed by atoms with Crippen LogP contribution in [0.5, 0.6) is 5.75 Å². The number of nitrogens with one attached hydrogen (secondary N) is 1. The second-order valence-corrected chi connectivity index (χ2v) is 10.0. The summed E-state index contributed by atoms with van der Waals surface area (Å²) in [6, 6.07) is 15.8. The van der Waals surface area contributed by atoms with Crippen molar-refractivity contribution in [2.75, 3.05) is 6.29 Å². The van der Waals surface area contributed by atoms with Crippen molar-refractivity contribution < 1.29 is 61.3 Å². The number of hydrogen-bond donors (Lipinski definition) is 1. The fourth-order valence-electron chi connectivity index (χ4n) is 2.94. The molecule has 1 heterocycles. The summed E-state index contributed by atoms with van der Waals surface area (Å²) >= 11 is 0. The van der Waals surface area contributed by atoms with Crippen LogP contribution < -0.4 is 43.7 Å². The third-order valence-corrected chi connectivity index (χ3v) is 7.05. The van der Waals surface area contributed by atoms with Crippen molar-refractivity contribution in [3.8, 4) is 5.75 Å². The second kappa shape index (κ2) is 9.32. The average molecular weight is 484 g/mol. The van der Waals surface area contributed by atoms with E-state index < -0.39 is 28.8 Å². The van der Waals surface area contributed by atoms with E-state index in [4.69, 9.17) is 8.94 Å². The topological polar surface area (TPSA) is 152 Å². The molecule has 0 aliphatic heterocycles. The summed E-state index contributed by atoms with van der Waals surface area (Å²) in [6.07, 6.45) is -1.01. The Hall–Kier alpha value is -2.24. The third-order valence-electron chi connectivity index (χ3n) is 4.40. The van der Waals surface area contributed by atoms with Gasteiger partial charge >= 0.3 is 29.6 Å². The molecule has 0 spiro atoms. The minimum absolute atomic E-state index is 0. The summed E-state index contributed by atoms with van der Waals surface area (Å²) in [5, 5.41) is 12.2. The predicted octanol–water partition coefficient (Wildman–Crippen LogP) is 0.366. The molecule has 4 rings (SSSR count). The van der Waals surface area contributed by atoms with E-state index in [-0.39, 0.29) is 45.9 Å². The Balaban J connectivity index is 0.00000289. The third kappa shape index (κ3) is 5.21. The Morgan fingerprint density at radius 2 is 1.66 bits per heavy atom. The molecule has 160 valence electrons. The molecule has 0 aliphatic carbocycles. The van der Waals surface area contributed by atoms with Gasteiger partial charge in [0.05, 0.1) is 16.1 Å². The van der Waals surface area contributed by atoms with Crippen LogP contribution in [0.1, 0.15) is 0 Å². The van der Waals surface area contributed by atoms with Crippen molar-refractivity contribution in [1.82, 2.24) is 4.72 Å². The second-order valence-electron chi connectivity index (χ2n) is 6.52. The zero-order chi connectivity index (χ0) is 22.2. The first-order valence-corrected chi connectivity index (χ1v) is 12.0. The number of non-ortho nitro benzene ring substituents is 1. The summed E-state index contributed by atoms with van der Waals surface area (Å²) in [4.78, 5) is 22.0. The normalized spacial score (nSPS) is 13.4. The van der Waals surface area contributed by atoms with Crippen LogP contribution in [-0.2, 0) is 14.6 Å². The van der Waals surface area contributed by atoms with Gasteiger partial charge in [-0.1, -0.05) is 18.2 Å². The van der Waals surface area contributed by atoms with Crippen molar-refractivity contribution in [1.29, 1.82) is 0 Å². The van der Waals surface area contributed by atoms with Gasteiger partial charge in [-0.25, -0.2) is 13.1 Å². The Morgan fingerprint density at radius 3 is 2.34 bits per heavy atom. The smallest absolute Gasteiger partial charge is 0.768 e. The van der Waals surface area contributed by atoms with Crippen LogP contribution in [0.4, 0.5) is 5.69 Å². The molecular weight excluding hydrogens is 470 g/mol. The minimum atomic E-state index is -4.68. The fourth-order valence-corrected chi connectivity index (χ4v) is 5.44. The molecule has 0 saturated carbocycles. The van der Waals surface area contributed by atoms with Crippen molar-refractivity contribution in [2.45, 2.75) is 4.90 Å². The van der Waals surface area contributed by atoms with Crippen LogP contribution in [-0.4, -0.2) is 19.6 Å². The van der Waals surface area contributed by atoms with Gasteiger partial charge in [0.25, 0.3) is 5.69 Å². The van der Waals surface area contributed by atoms with Gasteiger partial charge < -0.3 is 13.8 Å². The van der Waals surface area contributed by atoms with Crippen LogP contribution in [0.15, 0.2) is 76.0 Å². The molecule has 4 aromatic rings. The Bertz CT molecular complexity index is 1450. The van der Waals surface area contributed by atoms with E-state index in [1.165, 1.54) is 12.1 Å². The number of nitro benzene ring substituents is 1. The van der Waals surface area contributed by atoms with Gasteiger partial charge in [-0.05, 0) is 30.3 Å². The number of nitrogens with zero attached hydrogens (tertiary/aromatic N) is 1. The number of benzene rings is 3. The molecule has 0 aliphatic rings. The number of rotatable bonds is 7. The fraction of sp³-hybridized carbons (Fsp3) is 0.0526. The summed E-state index contributed by atoms with van der Waals surface area (Å²) in [6.45, 7) is 0. The maximum Gasteiger partial charge on any atom is 1.00 e. The molecule has 3 aromatic carbocycles. The summed E-state index contributed by atoms with van der Waals surface area (Å²) in [5.74, 6) is -0.174. The molecule has 1 atom stereocenters. The van der Waals surface area contributed by atoms with Gasteiger partial charge in [-0.3, -0.25) is 14.7 Å². The summed E-state index contributed by atoms with van der Waals surface area (Å²) in [7, 11) is -8.86. The monoisotopic (exact) mass is 484 g/mol. The van der Waals surface area contributed by atoms with Crippen LogP contribution in [0.2, 0.25) is 0 Å². The van der Waals surface area contributed by atoms with Crippen molar-refractivity contribution in [3.05, 3.63) is 76.8 Å². The van der Waals surface area contributed by atoms with Crippen LogP contribution >= 0.6 is 7.60 Å². The maximum atomic E-state index is 12.6. The Kier molecular flexibility index (Phi) is 7.11. The summed E-state index contributed by atoms with van der Waals surface area (Å²) < 4.78 is 49.7. The van der Waals surface area contributed by atoms with Crippen LogP contribution in [0.3, 0.4) is 0 Å². The number of para-hydroxylation sites is 1. The van der Waals surface area contributed by atoms with E-state index in [1.54, 1.807) is 18.2 Å². The average Bonchev–Trinajstić information content (AvgIpc) is 3.10. The molecule has 10 nitrogen and oxygen atoms in total. The standard InChI is InChI=1S/C19H15N2O8PS.Na/c22-21(23)13-5-7-14(8-6-13)29-30(24,25)12-20-31(26,27)15-9-10-17-16-3-1-2-4-18(16)28-19(17)11-15;/h1-11,20H,12H2,(H,24,25);/q;+1/p-1. The van der Waals surface area contributed by atoms with E-state index >= 15 is 0 Å². The minimum Gasteiger partial charge on any atom is -0.768 e. The van der Waals surface area contributed by atoms with Gasteiger partial charge in [0.15, 0.2) is 7.60 Å². The zero-order valence-corrected chi connectivity index (χ0v) is 20.3. The molecule has 1 aromatic heterocycles. The predicted molar refractivity (Wildman–Crippen MR) is 110 cm³/mol. The van der Waals surface area contributed by atoms with Gasteiger partial charge in [-0.15, -0.1) is 0 Å². The molecule has 0 fully saturated rings. The molecule has 1 N–H and O–H groups in total. The molecule has 13 heteroatoms. The first-order chi connectivity index (χ1) is 14.6. The molecule has 0 radical (unpaired) electrons. The number of fused-ring (bicyclic) bond motifs is 3. The van der Waals surface area contributed by atoms with Crippen LogP contribution in [0.25, 0.3) is 21.9 Å². The quantitative estimate of drug-likeness (QED) is 0.171. The van der Waals surface area contributed by atoms with E-state index in [0.717, 1.165) is 35.0 Å². The van der Waals surface area contributed by atoms with Crippen molar-refractivity contribution in [2.24, 2.45) is 0 Å². The number of nitro groups is 1. The molecule has 0 amide bonds. The van der Waals surface area contributed by atoms with Gasteiger partial charge in [-0.2, -0.15) is 0 Å². The maximum absolute atomic E-state index is 12.6. The number of hydrogen-bond acceptors (Lipinski definition) is 8. The largest absolute Gasteiger partial charge is 1.00 e. The Labute approximate surface area is 204 Å². The first kappa shape index (κ1) is 24.4. The molecular formula is C19H14N2NaO8PS. The Morgan fingerprint density at radius 1 is 1.00 bits per heavy atom. The molecule has 0 saturated heterocycles. The van der Waals surface area contributed by atoms with E-state index in [2.05, 4.69) is 0 Å². The van der Waals surface area contributed by atoms with E-state index in [0.29, 0.717) is 11.2 Å². The van der Waals surface area contributed by atoms with Crippen molar-refractivity contribution in [3.63, 3.8) is 0 Å². The summed E-state index contributed by atoms with van der Waals surface area (Å²) in [5.41, 5.74) is 0.701. The van der Waals surface area contributed by atoms with E-state index in [9.17, 15) is 28.0 Å². The zero-order valence-electron chi connectivity index (χ0n) is 16.6. The molecule has 0 bridgehead atoms. The van der Waals surface area contributed by atoms with Crippen molar-refractivity contribution >= 4 is 45.2 Å². The number of furan rings is 1. The molecule has 1 unspecified atom stereocenters. The van der Waals surface area contributed by atoms with Gasteiger partial charge in [0.1, 0.15) is 16.9 Å². The van der Waals surface area contributed by atoms with Gasteiger partial charge in [0.2, 0.25) is 10.0 Å². The molecule has 32 heavy (non-hydrogen) atoms. The van der Waals surface area contributed by atoms with Gasteiger partial charge in [0, 0.05) is 29.0 Å². The van der Waals surface area contributed by atoms with Crippen LogP contribution in [0, 0.1) is 10.1 Å².